The third-order valence-electron chi connectivity index (χ3n) is 5.66. The van der Waals surface area contributed by atoms with E-state index >= 15 is 0 Å². The van der Waals surface area contributed by atoms with Crippen LogP contribution in [0.15, 0.2) is 24.3 Å². The van der Waals surface area contributed by atoms with Crippen LogP contribution in [0.1, 0.15) is 93.5 Å². The summed E-state index contributed by atoms with van der Waals surface area (Å²) in [5.41, 5.74) is 1.27. The summed E-state index contributed by atoms with van der Waals surface area (Å²) in [6.07, 6.45) is 10.2. The summed E-state index contributed by atoms with van der Waals surface area (Å²) in [4.78, 5) is 24.0. The van der Waals surface area contributed by atoms with Crippen LogP contribution in [0.5, 0.6) is 0 Å². The van der Waals surface area contributed by atoms with Crippen LogP contribution >= 0.6 is 0 Å². The van der Waals surface area contributed by atoms with Gasteiger partial charge in [0.15, 0.2) is 0 Å². The van der Waals surface area contributed by atoms with Crippen molar-refractivity contribution in [2.24, 2.45) is 11.8 Å². The molecule has 0 aliphatic heterocycles. The van der Waals surface area contributed by atoms with Gasteiger partial charge in [0, 0.05) is 11.8 Å². The van der Waals surface area contributed by atoms with Gasteiger partial charge in [0.1, 0.15) is 5.78 Å². The average Bonchev–Trinajstić information content (AvgIpc) is 2.54. The van der Waals surface area contributed by atoms with Crippen LogP contribution in [0.2, 0.25) is 0 Å². The Labute approximate surface area is 151 Å². The van der Waals surface area contributed by atoms with E-state index in [1.165, 1.54) is 25.7 Å². The fourth-order valence-corrected chi connectivity index (χ4v) is 3.65. The molecular formula is C22H32O3. The number of carboxylic acids is 1. The molecule has 138 valence electrons. The maximum atomic E-state index is 12.9. The number of benzene rings is 1. The second-order valence-corrected chi connectivity index (χ2v) is 7.69. The SMILES string of the molecule is CCCCCC(C)CCC(C(=O)C1CCC1)c1ccc(C(=O)O)cc1. The van der Waals surface area contributed by atoms with Gasteiger partial charge in [-0.3, -0.25) is 4.79 Å². The molecule has 3 nitrogen and oxygen atoms in total. The monoisotopic (exact) mass is 344 g/mol. The van der Waals surface area contributed by atoms with E-state index in [0.29, 0.717) is 11.7 Å². The first-order valence-corrected chi connectivity index (χ1v) is 9.89. The van der Waals surface area contributed by atoms with Crippen molar-refractivity contribution >= 4 is 11.8 Å². The lowest BCUT2D eigenvalue weighted by Gasteiger charge is -2.29. The zero-order chi connectivity index (χ0) is 18.2. The van der Waals surface area contributed by atoms with Crippen molar-refractivity contribution in [1.29, 1.82) is 0 Å². The highest BCUT2D eigenvalue weighted by molar-refractivity contribution is 5.90. The van der Waals surface area contributed by atoms with E-state index in [0.717, 1.165) is 37.7 Å². The molecule has 0 radical (unpaired) electrons. The summed E-state index contributed by atoms with van der Waals surface area (Å²) in [5.74, 6) is 0.246. The van der Waals surface area contributed by atoms with Crippen molar-refractivity contribution in [3.05, 3.63) is 35.4 Å². The fraction of sp³-hybridized carbons (Fsp3) is 0.636. The van der Waals surface area contributed by atoms with Gasteiger partial charge in [0.25, 0.3) is 0 Å². The van der Waals surface area contributed by atoms with Gasteiger partial charge in [-0.2, -0.15) is 0 Å². The van der Waals surface area contributed by atoms with E-state index in [1.54, 1.807) is 12.1 Å². The first-order chi connectivity index (χ1) is 12.0. The number of carbonyl (C=O) groups excluding carboxylic acids is 1. The van der Waals surface area contributed by atoms with Gasteiger partial charge in [-0.25, -0.2) is 4.79 Å². The summed E-state index contributed by atoms with van der Waals surface area (Å²) < 4.78 is 0. The number of ketones is 1. The number of carboxylic acid groups (broad SMARTS) is 1. The van der Waals surface area contributed by atoms with Crippen molar-refractivity contribution in [1.82, 2.24) is 0 Å². The van der Waals surface area contributed by atoms with Gasteiger partial charge < -0.3 is 5.11 Å². The Morgan fingerprint density at radius 2 is 1.76 bits per heavy atom. The summed E-state index contributed by atoms with van der Waals surface area (Å²) in [7, 11) is 0. The number of unbranched alkanes of at least 4 members (excludes halogenated alkanes) is 2. The van der Waals surface area contributed by atoms with Crippen LogP contribution in [0.4, 0.5) is 0 Å². The maximum Gasteiger partial charge on any atom is 0.335 e. The van der Waals surface area contributed by atoms with E-state index in [-0.39, 0.29) is 17.4 Å². The summed E-state index contributed by atoms with van der Waals surface area (Å²) in [5, 5.41) is 9.07. The van der Waals surface area contributed by atoms with E-state index in [1.807, 2.05) is 12.1 Å². The van der Waals surface area contributed by atoms with Crippen LogP contribution in [0, 0.1) is 11.8 Å². The van der Waals surface area contributed by atoms with E-state index in [4.69, 9.17) is 5.11 Å². The van der Waals surface area contributed by atoms with Crippen molar-refractivity contribution < 1.29 is 14.7 Å². The highest BCUT2D eigenvalue weighted by atomic mass is 16.4. The molecular weight excluding hydrogens is 312 g/mol. The topological polar surface area (TPSA) is 54.4 Å². The molecule has 1 aromatic rings. The molecule has 0 spiro atoms. The molecule has 1 fully saturated rings. The first-order valence-electron chi connectivity index (χ1n) is 9.89. The Morgan fingerprint density at radius 1 is 1.08 bits per heavy atom. The van der Waals surface area contributed by atoms with Crippen molar-refractivity contribution in [2.75, 3.05) is 0 Å². The standard InChI is InChI=1S/C22H32O3/c1-3-4-5-7-16(2)10-15-20(21(23)18-8-6-9-18)17-11-13-19(14-12-17)22(24)25/h11-14,16,18,20H,3-10,15H2,1-2H3,(H,24,25). The highest BCUT2D eigenvalue weighted by Gasteiger charge is 2.32. The van der Waals surface area contributed by atoms with Gasteiger partial charge in [-0.15, -0.1) is 0 Å². The molecule has 0 saturated heterocycles. The maximum absolute atomic E-state index is 12.9. The largest absolute Gasteiger partial charge is 0.478 e. The summed E-state index contributed by atoms with van der Waals surface area (Å²) >= 11 is 0. The molecule has 25 heavy (non-hydrogen) atoms. The van der Waals surface area contributed by atoms with Crippen LogP contribution in [-0.2, 0) is 4.79 Å². The quantitative estimate of drug-likeness (QED) is 0.513. The smallest absolute Gasteiger partial charge is 0.335 e. The molecule has 0 heterocycles. The molecule has 1 aliphatic carbocycles. The molecule has 0 aromatic heterocycles. The van der Waals surface area contributed by atoms with Gasteiger partial charge in [-0.05, 0) is 49.3 Å². The number of rotatable bonds is 11. The minimum atomic E-state index is -0.919. The van der Waals surface area contributed by atoms with Gasteiger partial charge in [0.2, 0.25) is 0 Å². The van der Waals surface area contributed by atoms with Crippen LogP contribution in [0.25, 0.3) is 0 Å². The third kappa shape index (κ3) is 5.69. The molecule has 2 atom stereocenters. The molecule has 2 unspecified atom stereocenters. The molecule has 1 saturated carbocycles. The molecule has 3 heteroatoms. The lowest BCUT2D eigenvalue weighted by atomic mass is 9.74. The average molecular weight is 344 g/mol. The molecule has 2 rings (SSSR count). The Hall–Kier alpha value is -1.64. The molecule has 0 bridgehead atoms. The second kappa shape index (κ2) is 9.74. The van der Waals surface area contributed by atoms with E-state index in [9.17, 15) is 9.59 Å². The lowest BCUT2D eigenvalue weighted by molar-refractivity contribution is -0.127. The predicted octanol–water partition coefficient (Wildman–Crippen LogP) is 5.83. The Balaban J connectivity index is 2.02. The first kappa shape index (κ1) is 19.7. The zero-order valence-electron chi connectivity index (χ0n) is 15.7. The summed E-state index contributed by atoms with van der Waals surface area (Å²) in [6.45, 7) is 4.51. The normalized spacial score (nSPS) is 16.9. The second-order valence-electron chi connectivity index (χ2n) is 7.69. The Kier molecular flexibility index (Phi) is 7.67. The van der Waals surface area contributed by atoms with Crippen molar-refractivity contribution in [3.63, 3.8) is 0 Å². The molecule has 0 amide bonds. The highest BCUT2D eigenvalue weighted by Crippen LogP contribution is 2.36. The van der Waals surface area contributed by atoms with Crippen molar-refractivity contribution in [3.8, 4) is 0 Å². The third-order valence-corrected chi connectivity index (χ3v) is 5.66. The number of hydrogen-bond acceptors (Lipinski definition) is 2. The molecule has 1 aliphatic rings. The van der Waals surface area contributed by atoms with Crippen molar-refractivity contribution in [2.45, 2.75) is 77.6 Å². The van der Waals surface area contributed by atoms with Crippen LogP contribution < -0.4 is 0 Å². The fourth-order valence-electron chi connectivity index (χ4n) is 3.65. The summed E-state index contributed by atoms with van der Waals surface area (Å²) in [6, 6.07) is 6.94. The lowest BCUT2D eigenvalue weighted by Crippen LogP contribution is -2.27. The zero-order valence-corrected chi connectivity index (χ0v) is 15.7. The Bertz CT molecular complexity index is 557. The molecule has 1 N–H and O–H groups in total. The van der Waals surface area contributed by atoms with Gasteiger partial charge >= 0.3 is 5.97 Å². The minimum Gasteiger partial charge on any atom is -0.478 e. The van der Waals surface area contributed by atoms with Crippen LogP contribution in [-0.4, -0.2) is 16.9 Å². The number of Topliss-reactive ketones (excluding diaryl/α,β-unsaturated/α-hetero) is 1. The van der Waals surface area contributed by atoms with Crippen LogP contribution in [0.3, 0.4) is 0 Å². The molecule has 1 aromatic carbocycles. The number of carbonyl (C=O) groups is 2. The van der Waals surface area contributed by atoms with E-state index < -0.39 is 5.97 Å². The van der Waals surface area contributed by atoms with Gasteiger partial charge in [0.05, 0.1) is 5.56 Å². The number of hydrogen-bond donors (Lipinski definition) is 1. The van der Waals surface area contributed by atoms with Gasteiger partial charge in [-0.1, -0.05) is 58.1 Å². The predicted molar refractivity (Wildman–Crippen MR) is 101 cm³/mol. The minimum absolute atomic E-state index is 0.0678. The van der Waals surface area contributed by atoms with E-state index in [2.05, 4.69) is 13.8 Å². The number of aromatic carboxylic acids is 1. The Morgan fingerprint density at radius 3 is 2.28 bits per heavy atom.